The molecule has 1 N–H and O–H groups in total. The Balaban J connectivity index is 2.38. The molecule has 0 heterocycles. The second-order valence-electron chi connectivity index (χ2n) is 5.65. The van der Waals surface area contributed by atoms with Crippen molar-refractivity contribution in [3.8, 4) is 11.5 Å². The van der Waals surface area contributed by atoms with Crippen molar-refractivity contribution < 1.29 is 27.4 Å². The number of benzene rings is 2. The van der Waals surface area contributed by atoms with E-state index < -0.39 is 17.6 Å². The summed E-state index contributed by atoms with van der Waals surface area (Å²) in [6.07, 6.45) is -4.51. The fraction of sp³-hybridized carbons (Fsp3) is 0.278. The first-order chi connectivity index (χ1) is 12.2. The fourth-order valence-corrected chi connectivity index (χ4v) is 2.37. The number of alkyl halides is 3. The van der Waals surface area contributed by atoms with Crippen molar-refractivity contribution in [3.05, 3.63) is 47.5 Å². The van der Waals surface area contributed by atoms with Crippen molar-refractivity contribution in [3.63, 3.8) is 0 Å². The van der Waals surface area contributed by atoms with E-state index in [1.54, 1.807) is 25.1 Å². The Morgan fingerprint density at radius 2 is 1.65 bits per heavy atom. The summed E-state index contributed by atoms with van der Waals surface area (Å²) in [6, 6.07) is 7.70. The number of nitrogens with zero attached hydrogens (tertiary/aromatic N) is 1. The Hall–Kier alpha value is -2.90. The second-order valence-corrected chi connectivity index (χ2v) is 5.65. The minimum absolute atomic E-state index is 0.0598. The summed E-state index contributed by atoms with van der Waals surface area (Å²) in [5, 5.41) is 2.53. The molecule has 0 fully saturated rings. The number of amides is 1. The maximum absolute atomic E-state index is 13.0. The predicted molar refractivity (Wildman–Crippen MR) is 93.3 cm³/mol. The fourth-order valence-electron chi connectivity index (χ4n) is 2.37. The lowest BCUT2D eigenvalue weighted by Crippen LogP contribution is -2.18. The van der Waals surface area contributed by atoms with Gasteiger partial charge in [-0.2, -0.15) is 13.2 Å². The first kappa shape index (κ1) is 19.4. The molecule has 0 aliphatic carbocycles. The summed E-state index contributed by atoms with van der Waals surface area (Å²) in [4.78, 5) is 14.1. The molecule has 0 atom stereocenters. The molecule has 0 aliphatic heterocycles. The highest BCUT2D eigenvalue weighted by molar-refractivity contribution is 6.06. The molecule has 0 radical (unpaired) electrons. The molecular formula is C18H19F3N2O3. The highest BCUT2D eigenvalue weighted by Gasteiger charge is 2.31. The van der Waals surface area contributed by atoms with Crippen LogP contribution in [0.1, 0.15) is 15.9 Å². The van der Waals surface area contributed by atoms with Crippen LogP contribution in [0, 0.1) is 0 Å². The molecule has 0 aromatic heterocycles. The molecule has 0 bridgehead atoms. The highest BCUT2D eigenvalue weighted by atomic mass is 19.4. The van der Waals surface area contributed by atoms with Gasteiger partial charge in [0.2, 0.25) is 0 Å². The number of carbonyl (C=O) groups is 1. The van der Waals surface area contributed by atoms with E-state index >= 15 is 0 Å². The van der Waals surface area contributed by atoms with Gasteiger partial charge in [0.25, 0.3) is 5.91 Å². The van der Waals surface area contributed by atoms with Crippen LogP contribution < -0.4 is 19.7 Å². The van der Waals surface area contributed by atoms with Crippen molar-refractivity contribution in [2.75, 3.05) is 38.5 Å². The Morgan fingerprint density at radius 3 is 2.19 bits per heavy atom. The average Bonchev–Trinajstić information content (AvgIpc) is 2.59. The molecule has 2 rings (SSSR count). The lowest BCUT2D eigenvalue weighted by atomic mass is 10.1. The number of carbonyl (C=O) groups excluding carboxylic acids is 1. The molecule has 5 nitrogen and oxygen atoms in total. The van der Waals surface area contributed by atoms with E-state index in [2.05, 4.69) is 5.32 Å². The number of nitrogens with one attached hydrogen (secondary N) is 1. The van der Waals surface area contributed by atoms with Gasteiger partial charge < -0.3 is 19.7 Å². The van der Waals surface area contributed by atoms with Gasteiger partial charge >= 0.3 is 6.18 Å². The Kier molecular flexibility index (Phi) is 5.64. The number of methoxy groups -OCH3 is 2. The van der Waals surface area contributed by atoms with E-state index in [1.807, 2.05) is 0 Å². The van der Waals surface area contributed by atoms with Gasteiger partial charge in [0.15, 0.2) is 11.5 Å². The molecule has 0 saturated carbocycles. The van der Waals surface area contributed by atoms with Crippen LogP contribution in [-0.4, -0.2) is 34.2 Å². The van der Waals surface area contributed by atoms with Crippen LogP contribution in [0.25, 0.3) is 0 Å². The van der Waals surface area contributed by atoms with Crippen LogP contribution in [0.2, 0.25) is 0 Å². The van der Waals surface area contributed by atoms with Crippen LogP contribution in [0.3, 0.4) is 0 Å². The maximum atomic E-state index is 13.0. The van der Waals surface area contributed by atoms with E-state index in [4.69, 9.17) is 9.47 Å². The third-order valence-corrected chi connectivity index (χ3v) is 3.70. The molecule has 8 heteroatoms. The molecule has 2 aromatic rings. The van der Waals surface area contributed by atoms with Crippen LogP contribution in [0.15, 0.2) is 36.4 Å². The molecule has 0 aliphatic rings. The van der Waals surface area contributed by atoms with Gasteiger partial charge in [-0.25, -0.2) is 0 Å². The van der Waals surface area contributed by atoms with E-state index in [0.717, 1.165) is 12.1 Å². The maximum Gasteiger partial charge on any atom is 0.416 e. The summed E-state index contributed by atoms with van der Waals surface area (Å²) in [5.41, 5.74) is -0.105. The van der Waals surface area contributed by atoms with E-state index in [-0.39, 0.29) is 11.3 Å². The van der Waals surface area contributed by atoms with Gasteiger partial charge in [-0.1, -0.05) is 0 Å². The van der Waals surface area contributed by atoms with Gasteiger partial charge in [0.05, 0.1) is 31.2 Å². The zero-order chi connectivity index (χ0) is 19.5. The van der Waals surface area contributed by atoms with Gasteiger partial charge in [-0.15, -0.1) is 0 Å². The van der Waals surface area contributed by atoms with Crippen molar-refractivity contribution in [2.45, 2.75) is 6.18 Å². The Labute approximate surface area is 149 Å². The van der Waals surface area contributed by atoms with E-state index in [0.29, 0.717) is 17.2 Å². The lowest BCUT2D eigenvalue weighted by Gasteiger charge is -2.20. The Morgan fingerprint density at radius 1 is 1.00 bits per heavy atom. The van der Waals surface area contributed by atoms with Crippen molar-refractivity contribution >= 4 is 17.3 Å². The monoisotopic (exact) mass is 368 g/mol. The van der Waals surface area contributed by atoms with Crippen molar-refractivity contribution in [1.29, 1.82) is 0 Å². The summed E-state index contributed by atoms with van der Waals surface area (Å²) < 4.78 is 49.2. The number of rotatable bonds is 5. The molecule has 2 aromatic carbocycles. The zero-order valence-electron chi connectivity index (χ0n) is 14.8. The third-order valence-electron chi connectivity index (χ3n) is 3.70. The lowest BCUT2D eigenvalue weighted by molar-refractivity contribution is -0.137. The normalized spacial score (nSPS) is 11.0. The van der Waals surface area contributed by atoms with Crippen molar-refractivity contribution in [2.24, 2.45) is 0 Å². The molecular weight excluding hydrogens is 349 g/mol. The van der Waals surface area contributed by atoms with Crippen LogP contribution in [0.5, 0.6) is 11.5 Å². The van der Waals surface area contributed by atoms with Crippen LogP contribution >= 0.6 is 0 Å². The predicted octanol–water partition coefficient (Wildman–Crippen LogP) is 4.04. The van der Waals surface area contributed by atoms with Crippen LogP contribution in [0.4, 0.5) is 24.5 Å². The molecule has 1 amide bonds. The quantitative estimate of drug-likeness (QED) is 0.865. The molecule has 0 spiro atoms. The molecule has 140 valence electrons. The number of halogens is 3. The standard InChI is InChI=1S/C18H19F3N2O3/c1-23(2)14-7-6-12(18(19,20)21)10-13(14)22-17(24)11-5-8-15(25-3)16(9-11)26-4/h5-10H,1-4H3,(H,22,24). The van der Waals surface area contributed by atoms with Crippen molar-refractivity contribution in [1.82, 2.24) is 0 Å². The van der Waals surface area contributed by atoms with Crippen LogP contribution in [-0.2, 0) is 6.18 Å². The van der Waals surface area contributed by atoms with Gasteiger partial charge in [0.1, 0.15) is 0 Å². The average molecular weight is 368 g/mol. The van der Waals surface area contributed by atoms with Gasteiger partial charge in [-0.3, -0.25) is 4.79 Å². The largest absolute Gasteiger partial charge is 0.493 e. The highest BCUT2D eigenvalue weighted by Crippen LogP contribution is 2.35. The topological polar surface area (TPSA) is 50.8 Å². The van der Waals surface area contributed by atoms with E-state index in [1.165, 1.54) is 32.4 Å². The second kappa shape index (κ2) is 7.55. The number of anilines is 2. The first-order valence-electron chi connectivity index (χ1n) is 7.59. The Bertz CT molecular complexity index is 805. The summed E-state index contributed by atoms with van der Waals surface area (Å²) in [7, 11) is 6.24. The summed E-state index contributed by atoms with van der Waals surface area (Å²) in [6.45, 7) is 0. The minimum atomic E-state index is -4.51. The number of ether oxygens (including phenoxy) is 2. The third kappa shape index (κ3) is 4.19. The molecule has 0 unspecified atom stereocenters. The summed E-state index contributed by atoms with van der Waals surface area (Å²) in [5.74, 6) is 0.225. The van der Waals surface area contributed by atoms with Gasteiger partial charge in [0, 0.05) is 19.7 Å². The number of hydrogen-bond acceptors (Lipinski definition) is 4. The smallest absolute Gasteiger partial charge is 0.416 e. The number of hydrogen-bond donors (Lipinski definition) is 1. The molecule has 0 saturated heterocycles. The molecule has 26 heavy (non-hydrogen) atoms. The first-order valence-corrected chi connectivity index (χ1v) is 7.59. The van der Waals surface area contributed by atoms with E-state index in [9.17, 15) is 18.0 Å². The van der Waals surface area contributed by atoms with Gasteiger partial charge in [-0.05, 0) is 36.4 Å². The zero-order valence-corrected chi connectivity index (χ0v) is 14.8. The summed E-state index contributed by atoms with van der Waals surface area (Å²) >= 11 is 0. The minimum Gasteiger partial charge on any atom is -0.493 e. The SMILES string of the molecule is COc1ccc(C(=O)Nc2cc(C(F)(F)F)ccc2N(C)C)cc1OC.